The number of sulfonamides is 1. The van der Waals surface area contributed by atoms with Gasteiger partial charge in [-0.3, -0.25) is 14.5 Å². The van der Waals surface area contributed by atoms with Gasteiger partial charge >= 0.3 is 11.8 Å². The standard InChI is InChI=1S/C21H31ClN4O5S/c22-17-4-6-19(7-5-17)32(29,30)26-11-2-1-3-18(26)8-9-23-20(27)21(28)24-10-12-25-13-15-31-16-14-25/h4-7,18H,1-3,8-16H2,(H,23,27)(H,24,28)/t18-/m0/s1. The molecule has 2 amide bonds. The minimum atomic E-state index is -3.65. The number of hydrogen-bond acceptors (Lipinski definition) is 6. The lowest BCUT2D eigenvalue weighted by Crippen LogP contribution is -2.47. The summed E-state index contributed by atoms with van der Waals surface area (Å²) in [5.41, 5.74) is 0. The number of hydrogen-bond donors (Lipinski definition) is 2. The number of amides is 2. The maximum absolute atomic E-state index is 13.1. The van der Waals surface area contributed by atoms with Crippen molar-refractivity contribution < 1.29 is 22.7 Å². The molecule has 3 rings (SSSR count). The molecule has 2 fully saturated rings. The number of piperidine rings is 1. The first kappa shape index (κ1) is 24.9. The van der Waals surface area contributed by atoms with Crippen LogP contribution in [0.2, 0.25) is 5.02 Å². The fraction of sp³-hybridized carbons (Fsp3) is 0.619. The fourth-order valence-corrected chi connectivity index (χ4v) is 5.84. The predicted octanol–water partition coefficient (Wildman–Crippen LogP) is 0.838. The molecule has 0 aliphatic carbocycles. The van der Waals surface area contributed by atoms with Crippen LogP contribution in [0.3, 0.4) is 0 Å². The highest BCUT2D eigenvalue weighted by Gasteiger charge is 2.33. The van der Waals surface area contributed by atoms with E-state index in [2.05, 4.69) is 15.5 Å². The summed E-state index contributed by atoms with van der Waals surface area (Å²) in [6.45, 7) is 4.72. The van der Waals surface area contributed by atoms with Crippen LogP contribution < -0.4 is 10.6 Å². The molecule has 1 atom stereocenters. The summed E-state index contributed by atoms with van der Waals surface area (Å²) < 4.78 is 33.0. The van der Waals surface area contributed by atoms with E-state index in [1.165, 1.54) is 16.4 Å². The number of nitrogens with zero attached hydrogens (tertiary/aromatic N) is 2. The molecule has 1 aromatic rings. The number of nitrogens with one attached hydrogen (secondary N) is 2. The van der Waals surface area contributed by atoms with Gasteiger partial charge in [0.1, 0.15) is 0 Å². The average Bonchev–Trinajstić information content (AvgIpc) is 2.80. The van der Waals surface area contributed by atoms with E-state index in [0.29, 0.717) is 50.7 Å². The molecule has 178 valence electrons. The van der Waals surface area contributed by atoms with Crippen LogP contribution in [0.1, 0.15) is 25.7 Å². The van der Waals surface area contributed by atoms with Crippen molar-refractivity contribution in [3.8, 4) is 0 Å². The summed E-state index contributed by atoms with van der Waals surface area (Å²) in [7, 11) is -3.65. The van der Waals surface area contributed by atoms with Gasteiger partial charge in [-0.1, -0.05) is 18.0 Å². The first-order chi connectivity index (χ1) is 15.4. The van der Waals surface area contributed by atoms with E-state index in [0.717, 1.165) is 25.9 Å². The van der Waals surface area contributed by atoms with Crippen LogP contribution in [0.15, 0.2) is 29.2 Å². The average molecular weight is 487 g/mol. The van der Waals surface area contributed by atoms with Crippen LogP contribution in [0.4, 0.5) is 0 Å². The molecular weight excluding hydrogens is 456 g/mol. The smallest absolute Gasteiger partial charge is 0.309 e. The molecule has 9 nitrogen and oxygen atoms in total. The van der Waals surface area contributed by atoms with Gasteiger partial charge in [-0.15, -0.1) is 0 Å². The number of morpholine rings is 1. The van der Waals surface area contributed by atoms with E-state index in [4.69, 9.17) is 16.3 Å². The number of rotatable bonds is 8. The number of carbonyl (C=O) groups is 2. The summed E-state index contributed by atoms with van der Waals surface area (Å²) in [6, 6.07) is 5.91. The molecule has 32 heavy (non-hydrogen) atoms. The van der Waals surface area contributed by atoms with Gasteiger partial charge in [0.05, 0.1) is 18.1 Å². The fourth-order valence-electron chi connectivity index (χ4n) is 3.99. The summed E-state index contributed by atoms with van der Waals surface area (Å²) in [6.07, 6.45) is 2.88. The van der Waals surface area contributed by atoms with E-state index in [1.54, 1.807) is 12.1 Å². The Hall–Kier alpha value is -1.72. The zero-order chi connectivity index (χ0) is 23.0. The van der Waals surface area contributed by atoms with Gasteiger partial charge in [-0.05, 0) is 43.5 Å². The van der Waals surface area contributed by atoms with Gasteiger partial charge in [-0.2, -0.15) is 4.31 Å². The van der Waals surface area contributed by atoms with E-state index in [1.807, 2.05) is 0 Å². The second kappa shape index (κ2) is 11.9. The van der Waals surface area contributed by atoms with E-state index < -0.39 is 21.8 Å². The van der Waals surface area contributed by atoms with Crippen molar-refractivity contribution in [1.29, 1.82) is 0 Å². The number of ether oxygens (including phenoxy) is 1. The molecule has 2 aliphatic rings. The Morgan fingerprint density at radius 3 is 2.34 bits per heavy atom. The molecule has 11 heteroatoms. The Bertz CT molecular complexity index is 875. The zero-order valence-corrected chi connectivity index (χ0v) is 19.7. The lowest BCUT2D eigenvalue weighted by Gasteiger charge is -2.34. The summed E-state index contributed by atoms with van der Waals surface area (Å²) >= 11 is 5.88. The summed E-state index contributed by atoms with van der Waals surface area (Å²) in [4.78, 5) is 26.5. The van der Waals surface area contributed by atoms with Gasteiger partial charge in [0.25, 0.3) is 0 Å². The van der Waals surface area contributed by atoms with Gasteiger partial charge in [0.2, 0.25) is 10.0 Å². The predicted molar refractivity (Wildman–Crippen MR) is 121 cm³/mol. The Morgan fingerprint density at radius 2 is 1.66 bits per heavy atom. The lowest BCUT2D eigenvalue weighted by molar-refractivity contribution is -0.139. The first-order valence-corrected chi connectivity index (χ1v) is 12.8. The lowest BCUT2D eigenvalue weighted by atomic mass is 10.0. The molecule has 0 unspecified atom stereocenters. The third kappa shape index (κ3) is 6.89. The van der Waals surface area contributed by atoms with Crippen molar-refractivity contribution in [3.63, 3.8) is 0 Å². The topological polar surface area (TPSA) is 108 Å². The Kier molecular flexibility index (Phi) is 9.30. The molecule has 1 aromatic carbocycles. The van der Waals surface area contributed by atoms with Gasteiger partial charge < -0.3 is 15.4 Å². The number of carbonyl (C=O) groups excluding carboxylic acids is 2. The highest BCUT2D eigenvalue weighted by molar-refractivity contribution is 7.89. The largest absolute Gasteiger partial charge is 0.379 e. The van der Waals surface area contributed by atoms with Crippen molar-refractivity contribution >= 4 is 33.4 Å². The maximum Gasteiger partial charge on any atom is 0.309 e. The summed E-state index contributed by atoms with van der Waals surface area (Å²) in [5.74, 6) is -1.37. The monoisotopic (exact) mass is 486 g/mol. The summed E-state index contributed by atoms with van der Waals surface area (Å²) in [5, 5.41) is 5.72. The molecule has 0 saturated carbocycles. The highest BCUT2D eigenvalue weighted by atomic mass is 35.5. The van der Waals surface area contributed by atoms with Crippen molar-refractivity contribution in [3.05, 3.63) is 29.3 Å². The molecule has 2 aliphatic heterocycles. The molecule has 2 N–H and O–H groups in total. The minimum absolute atomic E-state index is 0.206. The maximum atomic E-state index is 13.1. The third-order valence-corrected chi connectivity index (χ3v) is 8.00. The zero-order valence-electron chi connectivity index (χ0n) is 18.1. The van der Waals surface area contributed by atoms with Crippen molar-refractivity contribution in [2.24, 2.45) is 0 Å². The number of benzene rings is 1. The molecule has 0 radical (unpaired) electrons. The van der Waals surface area contributed by atoms with Crippen LogP contribution in [0.5, 0.6) is 0 Å². The molecule has 0 aromatic heterocycles. The van der Waals surface area contributed by atoms with Crippen LogP contribution in [-0.4, -0.2) is 88.0 Å². The van der Waals surface area contributed by atoms with Crippen LogP contribution in [-0.2, 0) is 24.3 Å². The highest BCUT2D eigenvalue weighted by Crippen LogP contribution is 2.27. The van der Waals surface area contributed by atoms with Gasteiger partial charge in [0, 0.05) is 50.3 Å². The number of halogens is 1. The van der Waals surface area contributed by atoms with Crippen molar-refractivity contribution in [1.82, 2.24) is 19.8 Å². The molecular formula is C21H31ClN4O5S. The third-order valence-electron chi connectivity index (χ3n) is 5.78. The Morgan fingerprint density at radius 1 is 1.00 bits per heavy atom. The van der Waals surface area contributed by atoms with E-state index in [-0.39, 0.29) is 17.5 Å². The van der Waals surface area contributed by atoms with Crippen LogP contribution in [0, 0.1) is 0 Å². The first-order valence-electron chi connectivity index (χ1n) is 11.0. The quantitative estimate of drug-likeness (QED) is 0.527. The van der Waals surface area contributed by atoms with E-state index >= 15 is 0 Å². The van der Waals surface area contributed by atoms with Crippen LogP contribution in [0.25, 0.3) is 0 Å². The molecule has 0 spiro atoms. The minimum Gasteiger partial charge on any atom is -0.379 e. The van der Waals surface area contributed by atoms with Gasteiger partial charge in [-0.25, -0.2) is 8.42 Å². The van der Waals surface area contributed by atoms with Crippen LogP contribution >= 0.6 is 11.6 Å². The second-order valence-electron chi connectivity index (χ2n) is 7.97. The molecule has 2 heterocycles. The normalized spacial score (nSPS) is 20.6. The Labute approximate surface area is 194 Å². The SMILES string of the molecule is O=C(NCC[C@@H]1CCCCN1S(=O)(=O)c1ccc(Cl)cc1)C(=O)NCCN1CCOCC1. The van der Waals surface area contributed by atoms with Gasteiger partial charge in [0.15, 0.2) is 0 Å². The molecule has 2 saturated heterocycles. The Balaban J connectivity index is 1.45. The second-order valence-corrected chi connectivity index (χ2v) is 10.3. The van der Waals surface area contributed by atoms with Crippen molar-refractivity contribution in [2.75, 3.05) is 52.5 Å². The van der Waals surface area contributed by atoms with E-state index in [9.17, 15) is 18.0 Å². The molecule has 0 bridgehead atoms. The van der Waals surface area contributed by atoms with Crippen molar-refractivity contribution in [2.45, 2.75) is 36.6 Å².